The van der Waals surface area contributed by atoms with Crippen LogP contribution in [-0.4, -0.2) is 0 Å². The highest BCUT2D eigenvalue weighted by atomic mass is 32.1. The van der Waals surface area contributed by atoms with Gasteiger partial charge in [0.25, 0.3) is 0 Å². The summed E-state index contributed by atoms with van der Waals surface area (Å²) in [5.74, 6) is 0. The minimum absolute atomic E-state index is 0.908. The van der Waals surface area contributed by atoms with Gasteiger partial charge in [-0.3, -0.25) is 0 Å². The van der Waals surface area contributed by atoms with Gasteiger partial charge in [0.1, 0.15) is 22.3 Å². The quantitative estimate of drug-likeness (QED) is 0.128. The third-order valence-corrected chi connectivity index (χ3v) is 15.7. The minimum Gasteiger partial charge on any atom is -0.455 e. The fourth-order valence-corrected chi connectivity index (χ4v) is 12.9. The maximum absolute atomic E-state index is 6.74. The minimum atomic E-state index is 0.908. The Morgan fingerprint density at radius 3 is 1.15 bits per heavy atom. The van der Waals surface area contributed by atoms with Crippen LogP contribution in [-0.2, 0) is 0 Å². The second-order valence-electron chi connectivity index (χ2n) is 16.7. The summed E-state index contributed by atoms with van der Waals surface area (Å²) in [6.45, 7) is 0. The highest BCUT2D eigenvalue weighted by molar-refractivity contribution is 7.26. The largest absolute Gasteiger partial charge is 0.455 e. The van der Waals surface area contributed by atoms with Crippen molar-refractivity contribution in [2.75, 3.05) is 0 Å². The first-order valence-corrected chi connectivity index (χ1v) is 22.7. The molecule has 0 aliphatic rings. The van der Waals surface area contributed by atoms with Crippen molar-refractivity contribution in [1.29, 1.82) is 0 Å². The number of benzene rings is 11. The van der Waals surface area contributed by atoms with Gasteiger partial charge in [-0.1, -0.05) is 109 Å². The van der Waals surface area contributed by atoms with Crippen molar-refractivity contribution >= 4 is 150 Å². The van der Waals surface area contributed by atoms with Gasteiger partial charge in [0.15, 0.2) is 0 Å². The third-order valence-electron chi connectivity index (χ3n) is 13.4. The molecule has 15 rings (SSSR count). The van der Waals surface area contributed by atoms with E-state index in [1.165, 1.54) is 94.6 Å². The predicted molar refractivity (Wildman–Crippen MR) is 268 cm³/mol. The van der Waals surface area contributed by atoms with E-state index >= 15 is 0 Å². The van der Waals surface area contributed by atoms with Gasteiger partial charge in [-0.2, -0.15) is 0 Å². The lowest BCUT2D eigenvalue weighted by Gasteiger charge is -2.16. The SMILES string of the molecule is c1ccc2c(c1)oc1c(-c3cc4cc5c(cc(-c6cccc7c6oc6ccccc67)c6cc7c(cc65)sc5ccccc57)cc4c4cc5sc6ccccc6c5cc34)cccc12. The summed E-state index contributed by atoms with van der Waals surface area (Å²) in [6.07, 6.45) is 0. The van der Waals surface area contributed by atoms with Crippen molar-refractivity contribution in [3.05, 3.63) is 182 Å². The van der Waals surface area contributed by atoms with E-state index in [0.29, 0.717) is 0 Å². The van der Waals surface area contributed by atoms with Crippen LogP contribution in [0.4, 0.5) is 0 Å². The first kappa shape index (κ1) is 33.2. The molecule has 15 aromatic rings. The van der Waals surface area contributed by atoms with Gasteiger partial charge < -0.3 is 8.83 Å². The molecule has 0 saturated carbocycles. The van der Waals surface area contributed by atoms with Crippen LogP contribution in [0.3, 0.4) is 0 Å². The molecule has 0 aliphatic heterocycles. The number of fused-ring (bicyclic) bond motifs is 18. The van der Waals surface area contributed by atoms with Gasteiger partial charge in [0, 0.05) is 73.0 Å². The van der Waals surface area contributed by atoms with E-state index in [1.807, 2.05) is 22.7 Å². The average Bonchev–Trinajstić information content (AvgIpc) is 4.09. The van der Waals surface area contributed by atoms with Crippen molar-refractivity contribution < 1.29 is 8.83 Å². The standard InChI is InChI=1S/C58H30O2S2/c1-5-19-51-33(11-1)37-15-9-17-39(57(37)59-51)43-25-31-23-42-32(24-41(31)47-29-55-49(27-45(43)47)35-13-3-7-21-53(35)61-55)26-44(40-18-10-16-38-34-12-2-6-20-52(34)60-58(38)40)46-28-50-36-14-4-8-22-54(36)62-56(50)30-48(42)46/h1-30H. The average molecular weight is 823 g/mol. The Kier molecular flexibility index (Phi) is 6.48. The zero-order chi connectivity index (χ0) is 40.2. The van der Waals surface area contributed by atoms with E-state index in [9.17, 15) is 0 Å². The summed E-state index contributed by atoms with van der Waals surface area (Å²) < 4.78 is 18.7. The van der Waals surface area contributed by atoms with Crippen molar-refractivity contribution in [3.8, 4) is 22.3 Å². The lowest BCUT2D eigenvalue weighted by atomic mass is 9.87. The van der Waals surface area contributed by atoms with E-state index in [0.717, 1.165) is 55.0 Å². The lowest BCUT2D eigenvalue weighted by Crippen LogP contribution is -1.89. The van der Waals surface area contributed by atoms with E-state index < -0.39 is 0 Å². The summed E-state index contributed by atoms with van der Waals surface area (Å²) in [5.41, 5.74) is 8.23. The Morgan fingerprint density at radius 1 is 0.242 bits per heavy atom. The monoisotopic (exact) mass is 822 g/mol. The van der Waals surface area contributed by atoms with Crippen LogP contribution < -0.4 is 0 Å². The summed E-state index contributed by atoms with van der Waals surface area (Å²) in [7, 11) is 0. The second-order valence-corrected chi connectivity index (χ2v) is 18.9. The van der Waals surface area contributed by atoms with Crippen molar-refractivity contribution in [2.45, 2.75) is 0 Å². The van der Waals surface area contributed by atoms with E-state index in [4.69, 9.17) is 8.83 Å². The summed E-state index contributed by atoms with van der Waals surface area (Å²) >= 11 is 3.75. The molecule has 0 amide bonds. The summed E-state index contributed by atoms with van der Waals surface area (Å²) in [4.78, 5) is 0. The van der Waals surface area contributed by atoms with Gasteiger partial charge in [-0.15, -0.1) is 22.7 Å². The van der Waals surface area contributed by atoms with E-state index in [1.54, 1.807) is 0 Å². The maximum Gasteiger partial charge on any atom is 0.143 e. The fraction of sp³-hybridized carbons (Fsp3) is 0. The second kappa shape index (κ2) is 12.1. The molecule has 11 aromatic carbocycles. The molecule has 0 radical (unpaired) electrons. The molecule has 0 bridgehead atoms. The van der Waals surface area contributed by atoms with Gasteiger partial charge in [-0.05, 0) is 127 Å². The zero-order valence-electron chi connectivity index (χ0n) is 33.0. The number of para-hydroxylation sites is 4. The van der Waals surface area contributed by atoms with Crippen LogP contribution in [0, 0.1) is 0 Å². The Hall–Kier alpha value is -7.50. The molecule has 62 heavy (non-hydrogen) atoms. The topological polar surface area (TPSA) is 26.3 Å². The van der Waals surface area contributed by atoms with Gasteiger partial charge in [0.2, 0.25) is 0 Å². The van der Waals surface area contributed by atoms with Crippen molar-refractivity contribution in [3.63, 3.8) is 0 Å². The van der Waals surface area contributed by atoms with Crippen LogP contribution in [0.2, 0.25) is 0 Å². The molecule has 286 valence electrons. The number of rotatable bonds is 2. The van der Waals surface area contributed by atoms with E-state index in [2.05, 4.69) is 182 Å². The summed E-state index contributed by atoms with van der Waals surface area (Å²) in [5, 5.41) is 19.5. The number of hydrogen-bond acceptors (Lipinski definition) is 4. The molecule has 0 N–H and O–H groups in total. The number of hydrogen-bond donors (Lipinski definition) is 0. The highest BCUT2D eigenvalue weighted by Gasteiger charge is 2.21. The zero-order valence-corrected chi connectivity index (χ0v) is 34.6. The molecule has 0 spiro atoms. The predicted octanol–water partition coefficient (Wildman–Crippen LogP) is 18.2. The third kappa shape index (κ3) is 4.47. The molecular formula is C58H30O2S2. The van der Waals surface area contributed by atoms with E-state index in [-0.39, 0.29) is 0 Å². The van der Waals surface area contributed by atoms with Crippen LogP contribution in [0.25, 0.3) is 150 Å². The number of furan rings is 2. The number of thiophene rings is 2. The molecule has 4 heteroatoms. The van der Waals surface area contributed by atoms with Crippen molar-refractivity contribution in [2.24, 2.45) is 0 Å². The van der Waals surface area contributed by atoms with Gasteiger partial charge >= 0.3 is 0 Å². The molecule has 2 nitrogen and oxygen atoms in total. The molecule has 0 saturated heterocycles. The Labute approximate surface area is 361 Å². The fourth-order valence-electron chi connectivity index (χ4n) is 10.6. The molecule has 0 aliphatic carbocycles. The highest BCUT2D eigenvalue weighted by Crippen LogP contribution is 2.48. The molecule has 0 unspecified atom stereocenters. The summed E-state index contributed by atoms with van der Waals surface area (Å²) in [6, 6.07) is 67.1. The lowest BCUT2D eigenvalue weighted by molar-refractivity contribution is 0.669. The van der Waals surface area contributed by atoms with Crippen LogP contribution in [0.5, 0.6) is 0 Å². The van der Waals surface area contributed by atoms with Crippen molar-refractivity contribution in [1.82, 2.24) is 0 Å². The first-order valence-electron chi connectivity index (χ1n) is 21.0. The normalized spacial score (nSPS) is 12.5. The molecule has 4 heterocycles. The Balaban J connectivity index is 1.10. The Morgan fingerprint density at radius 2 is 0.661 bits per heavy atom. The molecular weight excluding hydrogens is 793 g/mol. The Bertz CT molecular complexity index is 4170. The molecule has 0 atom stereocenters. The molecule has 4 aromatic heterocycles. The van der Waals surface area contributed by atoms with Crippen LogP contribution in [0.15, 0.2) is 191 Å². The molecule has 0 fully saturated rings. The van der Waals surface area contributed by atoms with Gasteiger partial charge in [0.05, 0.1) is 0 Å². The van der Waals surface area contributed by atoms with Crippen LogP contribution in [0.1, 0.15) is 0 Å². The van der Waals surface area contributed by atoms with Gasteiger partial charge in [-0.25, -0.2) is 0 Å². The first-order chi connectivity index (χ1) is 30.7. The maximum atomic E-state index is 6.74. The van der Waals surface area contributed by atoms with Crippen LogP contribution >= 0.6 is 22.7 Å². The smallest absolute Gasteiger partial charge is 0.143 e.